The lowest BCUT2D eigenvalue weighted by atomic mass is 9.99. The average Bonchev–Trinajstić information content (AvgIpc) is 3.31. The Morgan fingerprint density at radius 1 is 0.500 bits per heavy atom. The molecule has 11 N–H and O–H groups in total. The summed E-state index contributed by atoms with van der Waals surface area (Å²) in [5.74, 6) is -8.33. The van der Waals surface area contributed by atoms with E-state index in [1.54, 1.807) is 27.7 Å². The van der Waals surface area contributed by atoms with Crippen LogP contribution in [0.5, 0.6) is 0 Å². The van der Waals surface area contributed by atoms with Gasteiger partial charge < -0.3 is 57.8 Å². The normalized spacial score (nSPS) is 13.3. The Kier molecular flexibility index (Phi) is 30.7. The van der Waals surface area contributed by atoms with E-state index in [2.05, 4.69) is 62.3 Å². The van der Waals surface area contributed by atoms with Gasteiger partial charge in [0.25, 0.3) is 0 Å². The van der Waals surface area contributed by atoms with Crippen molar-refractivity contribution in [1.82, 2.24) is 41.7 Å². The zero-order valence-corrected chi connectivity index (χ0v) is 44.7. The highest BCUT2D eigenvalue weighted by atomic mass is 32.2. The maximum Gasteiger partial charge on any atom is 0.303 e. The quantitative estimate of drug-likeness (QED) is 0.0117. The van der Waals surface area contributed by atoms with E-state index in [1.807, 2.05) is 55.4 Å². The molecule has 1 aromatic rings. The minimum atomic E-state index is -1.67. The van der Waals surface area contributed by atoms with Crippen LogP contribution < -0.4 is 31.9 Å². The topological polar surface area (TPSA) is 298 Å². The van der Waals surface area contributed by atoms with Crippen LogP contribution in [0.1, 0.15) is 109 Å². The monoisotopic (exact) mass is 1050 g/mol. The number of thioether (sulfide) groups is 1. The number of nitrogens with zero attached hydrogens (tertiary/aromatic N) is 6. The third-order valence-electron chi connectivity index (χ3n) is 12.1. The van der Waals surface area contributed by atoms with E-state index in [0.29, 0.717) is 94.8 Å². The van der Waals surface area contributed by atoms with Gasteiger partial charge in [-0.2, -0.15) is 0 Å². The minimum Gasteiger partial charge on any atom is -0.481 e. The molecule has 0 atom stereocenters. The van der Waals surface area contributed by atoms with Crippen LogP contribution in [-0.4, -0.2) is 182 Å². The lowest BCUT2D eigenvalue weighted by Gasteiger charge is -2.30. The standard InChI is InChI=1S/C26H40F4N6O4S.C20H40N6O5/c1-16(34-39)25(3,4)32-10-13-36(14-11-33-26(5,6)17(2)35-40)12-9-31-20(37)7-8-21(38)41-24-22(29)18(27)15-19(28)23(24)30;1-15(24-30)19(3,4)22-10-13-26(12-9-21-17(27)7-8-18(28)29)14-11-23-20(5,6)16(2)25-31/h15,32-33,39-40H,7-14H2,1-6H3,(H,31,37);22-23,30-31H,7-14H2,1-6H3,(H,21,27)(H,28,29)/b34-16-,35-17-;24-15-,25-16-. The molecular formula is C46H80F4N12O9S. The van der Waals surface area contributed by atoms with Gasteiger partial charge in [0, 0.05) is 104 Å². The van der Waals surface area contributed by atoms with Gasteiger partial charge in [-0.1, -0.05) is 20.6 Å². The molecule has 0 heterocycles. The number of hydrogen-bond donors (Lipinski definition) is 11. The fourth-order valence-electron chi connectivity index (χ4n) is 5.91. The molecule has 0 unspecified atom stereocenters. The summed E-state index contributed by atoms with van der Waals surface area (Å²) >= 11 is 0.00580. The summed E-state index contributed by atoms with van der Waals surface area (Å²) in [5, 5.41) is 75.8. The summed E-state index contributed by atoms with van der Waals surface area (Å²) < 4.78 is 54.3. The maximum absolute atomic E-state index is 13.8. The van der Waals surface area contributed by atoms with E-state index in [0.717, 1.165) is 0 Å². The molecule has 0 saturated carbocycles. The lowest BCUT2D eigenvalue weighted by molar-refractivity contribution is -0.138. The minimum absolute atomic E-state index is 0.00580. The van der Waals surface area contributed by atoms with Crippen molar-refractivity contribution in [2.24, 2.45) is 20.6 Å². The van der Waals surface area contributed by atoms with Gasteiger partial charge in [0.15, 0.2) is 28.4 Å². The van der Waals surface area contributed by atoms with Crippen LogP contribution >= 0.6 is 11.8 Å². The van der Waals surface area contributed by atoms with E-state index in [-0.39, 0.29) is 49.5 Å². The summed E-state index contributed by atoms with van der Waals surface area (Å²) in [6.07, 6.45) is -0.907. The third-order valence-corrected chi connectivity index (χ3v) is 13.1. The van der Waals surface area contributed by atoms with Crippen molar-refractivity contribution >= 4 is 57.5 Å². The van der Waals surface area contributed by atoms with E-state index in [4.69, 9.17) is 25.9 Å². The predicted molar refractivity (Wildman–Crippen MR) is 270 cm³/mol. The fraction of sp³-hybridized carbons (Fsp3) is 0.696. The number of benzene rings is 1. The fourth-order valence-corrected chi connectivity index (χ4v) is 6.72. The number of aliphatic carboxylic acids is 1. The Hall–Kier alpha value is -4.99. The van der Waals surface area contributed by atoms with Crippen molar-refractivity contribution in [1.29, 1.82) is 0 Å². The van der Waals surface area contributed by atoms with E-state index < -0.39 is 73.7 Å². The number of carboxylic acids is 1. The van der Waals surface area contributed by atoms with Crippen molar-refractivity contribution in [2.75, 3.05) is 78.5 Å². The molecule has 2 amide bonds. The molecule has 0 bridgehead atoms. The molecule has 21 nitrogen and oxygen atoms in total. The van der Waals surface area contributed by atoms with Crippen LogP contribution in [0.25, 0.3) is 0 Å². The SMILES string of the molecule is C/C(=N/O)C(C)(C)NCCN(CCNC(=O)CCC(=O)O)CCNC(C)(C)/C(C)=N\O.C/C(=N/O)C(C)(C)NCCN(CCNC(=O)CCC(=O)Sc1c(F)c(F)cc(F)c1F)CCNC(C)(C)/C(C)=N\O. The largest absolute Gasteiger partial charge is 0.481 e. The molecule has 0 aliphatic carbocycles. The molecule has 0 fully saturated rings. The highest BCUT2D eigenvalue weighted by Crippen LogP contribution is 2.30. The number of carbonyl (C=O) groups is 4. The number of nitrogens with one attached hydrogen (secondary N) is 6. The van der Waals surface area contributed by atoms with Crippen LogP contribution in [0.15, 0.2) is 31.6 Å². The van der Waals surface area contributed by atoms with E-state index in [1.165, 1.54) is 0 Å². The second-order valence-electron chi connectivity index (χ2n) is 19.0. The van der Waals surface area contributed by atoms with Crippen molar-refractivity contribution in [3.63, 3.8) is 0 Å². The third kappa shape index (κ3) is 26.1. The Morgan fingerprint density at radius 2 is 0.778 bits per heavy atom. The van der Waals surface area contributed by atoms with Gasteiger partial charge in [-0.05, 0) is 94.8 Å². The van der Waals surface area contributed by atoms with Crippen LogP contribution in [-0.2, 0) is 19.2 Å². The van der Waals surface area contributed by atoms with Gasteiger partial charge in [-0.25, -0.2) is 17.6 Å². The Labute approximate surface area is 425 Å². The van der Waals surface area contributed by atoms with Crippen LogP contribution in [0.2, 0.25) is 0 Å². The number of carboxylic acid groups (broad SMARTS) is 1. The van der Waals surface area contributed by atoms with Crippen molar-refractivity contribution in [3.05, 3.63) is 29.3 Å². The van der Waals surface area contributed by atoms with E-state index in [9.17, 15) is 36.7 Å². The van der Waals surface area contributed by atoms with Gasteiger partial charge in [0.05, 0.1) is 56.3 Å². The first kappa shape index (κ1) is 67.0. The van der Waals surface area contributed by atoms with Crippen LogP contribution in [0.4, 0.5) is 17.6 Å². The lowest BCUT2D eigenvalue weighted by Crippen LogP contribution is -2.51. The summed E-state index contributed by atoms with van der Waals surface area (Å²) in [4.78, 5) is 49.8. The van der Waals surface area contributed by atoms with Crippen molar-refractivity contribution in [2.45, 2.75) is 136 Å². The van der Waals surface area contributed by atoms with Gasteiger partial charge >= 0.3 is 5.97 Å². The summed E-state index contributed by atoms with van der Waals surface area (Å²) in [6.45, 7) is 28.6. The molecule has 1 aromatic carbocycles. The second-order valence-corrected chi connectivity index (χ2v) is 20.1. The van der Waals surface area contributed by atoms with Gasteiger partial charge in [-0.15, -0.1) is 0 Å². The van der Waals surface area contributed by atoms with Crippen molar-refractivity contribution < 1.29 is 62.7 Å². The average molecular weight is 1050 g/mol. The Balaban J connectivity index is 0.00000146. The van der Waals surface area contributed by atoms with Crippen LogP contribution in [0.3, 0.4) is 0 Å². The summed E-state index contributed by atoms with van der Waals surface area (Å²) in [6, 6.07) is 0.0542. The first-order valence-electron chi connectivity index (χ1n) is 23.4. The highest BCUT2D eigenvalue weighted by molar-refractivity contribution is 8.13. The molecule has 0 radical (unpaired) electrons. The first-order chi connectivity index (χ1) is 33.4. The first-order valence-corrected chi connectivity index (χ1v) is 24.2. The molecule has 0 aliphatic rings. The number of hydrogen-bond acceptors (Lipinski definition) is 19. The molecule has 72 heavy (non-hydrogen) atoms. The van der Waals surface area contributed by atoms with Crippen LogP contribution in [0, 0.1) is 23.3 Å². The highest BCUT2D eigenvalue weighted by Gasteiger charge is 2.26. The number of amides is 2. The molecule has 0 aliphatic heterocycles. The number of rotatable bonds is 33. The molecule has 0 saturated heterocycles. The summed E-state index contributed by atoms with van der Waals surface area (Å²) in [7, 11) is 0. The molecular weight excluding hydrogens is 973 g/mol. The zero-order valence-electron chi connectivity index (χ0n) is 43.9. The van der Waals surface area contributed by atoms with E-state index >= 15 is 0 Å². The predicted octanol–water partition coefficient (Wildman–Crippen LogP) is 4.20. The van der Waals surface area contributed by atoms with Crippen molar-refractivity contribution in [3.8, 4) is 0 Å². The number of carbonyl (C=O) groups excluding carboxylic acids is 3. The molecule has 26 heteroatoms. The number of halogens is 4. The second kappa shape index (κ2) is 33.0. The van der Waals surface area contributed by atoms with Gasteiger partial charge in [0.2, 0.25) is 11.8 Å². The molecule has 412 valence electrons. The Bertz CT molecular complexity index is 1930. The number of oxime groups is 4. The van der Waals surface area contributed by atoms with Gasteiger partial charge in [-0.3, -0.25) is 29.0 Å². The molecule has 0 aromatic heterocycles. The Morgan fingerprint density at radius 3 is 1.06 bits per heavy atom. The van der Waals surface area contributed by atoms with Gasteiger partial charge in [0.1, 0.15) is 0 Å². The molecule has 1 rings (SSSR count). The molecule has 0 spiro atoms. The smallest absolute Gasteiger partial charge is 0.303 e. The maximum atomic E-state index is 13.8. The zero-order chi connectivity index (χ0) is 55.5. The summed E-state index contributed by atoms with van der Waals surface area (Å²) in [5.41, 5.74) is 0.173.